The van der Waals surface area contributed by atoms with Crippen molar-refractivity contribution in [1.29, 1.82) is 0 Å². The summed E-state index contributed by atoms with van der Waals surface area (Å²) in [5, 5.41) is 8.90. The summed E-state index contributed by atoms with van der Waals surface area (Å²) in [6.07, 6.45) is 5.00. The third kappa shape index (κ3) is 2.94. The first-order valence-corrected chi connectivity index (χ1v) is 6.25. The van der Waals surface area contributed by atoms with Gasteiger partial charge in [-0.05, 0) is 37.0 Å². The van der Waals surface area contributed by atoms with Gasteiger partial charge >= 0.3 is 5.97 Å². The van der Waals surface area contributed by atoms with Gasteiger partial charge in [0.05, 0.1) is 19.3 Å². The van der Waals surface area contributed by atoms with Crippen molar-refractivity contribution >= 4 is 5.97 Å². The van der Waals surface area contributed by atoms with E-state index in [0.717, 1.165) is 0 Å². The summed E-state index contributed by atoms with van der Waals surface area (Å²) in [4.78, 5) is 10.9. The summed E-state index contributed by atoms with van der Waals surface area (Å²) in [6.45, 7) is 0.683. The average molecular weight is 250 g/mol. The van der Waals surface area contributed by atoms with Crippen molar-refractivity contribution in [3.8, 4) is 11.5 Å². The van der Waals surface area contributed by atoms with Crippen LogP contribution in [0.1, 0.15) is 36.0 Å². The molecule has 0 atom stereocenters. The number of ether oxygens (including phenoxy) is 2. The first-order chi connectivity index (χ1) is 8.70. The van der Waals surface area contributed by atoms with Crippen LogP contribution < -0.4 is 9.47 Å². The van der Waals surface area contributed by atoms with E-state index in [0.29, 0.717) is 24.0 Å². The number of hydrogen-bond donors (Lipinski definition) is 1. The van der Waals surface area contributed by atoms with Crippen molar-refractivity contribution in [2.75, 3.05) is 13.7 Å². The first kappa shape index (κ1) is 12.7. The SMILES string of the molecule is COc1cc(C(=O)O)ccc1OCC1CCCC1. The van der Waals surface area contributed by atoms with E-state index in [1.807, 2.05) is 0 Å². The molecule has 4 nitrogen and oxygen atoms in total. The highest BCUT2D eigenvalue weighted by Gasteiger charge is 2.17. The highest BCUT2D eigenvalue weighted by Crippen LogP contribution is 2.31. The van der Waals surface area contributed by atoms with Crippen LogP contribution in [-0.4, -0.2) is 24.8 Å². The number of carboxylic acids is 1. The lowest BCUT2D eigenvalue weighted by atomic mass is 10.1. The summed E-state index contributed by atoms with van der Waals surface area (Å²) in [5.41, 5.74) is 0.208. The van der Waals surface area contributed by atoms with Crippen molar-refractivity contribution in [3.63, 3.8) is 0 Å². The maximum atomic E-state index is 10.9. The second-order valence-corrected chi connectivity index (χ2v) is 4.63. The highest BCUT2D eigenvalue weighted by molar-refractivity contribution is 5.88. The van der Waals surface area contributed by atoms with Gasteiger partial charge in [-0.3, -0.25) is 0 Å². The molecular formula is C14H18O4. The Morgan fingerprint density at radius 2 is 2.06 bits per heavy atom. The fourth-order valence-electron chi connectivity index (χ4n) is 2.30. The van der Waals surface area contributed by atoms with E-state index in [4.69, 9.17) is 14.6 Å². The molecule has 0 saturated heterocycles. The fraction of sp³-hybridized carbons (Fsp3) is 0.500. The number of carbonyl (C=O) groups is 1. The molecule has 1 N–H and O–H groups in total. The smallest absolute Gasteiger partial charge is 0.335 e. The molecule has 2 rings (SSSR count). The van der Waals surface area contributed by atoms with Gasteiger partial charge in [0, 0.05) is 0 Å². The van der Waals surface area contributed by atoms with E-state index >= 15 is 0 Å². The lowest BCUT2D eigenvalue weighted by molar-refractivity contribution is 0.0696. The Hall–Kier alpha value is -1.71. The lowest BCUT2D eigenvalue weighted by Gasteiger charge is -2.14. The van der Waals surface area contributed by atoms with Crippen LogP contribution in [0.4, 0.5) is 0 Å². The molecule has 0 amide bonds. The molecule has 1 aliphatic carbocycles. The quantitative estimate of drug-likeness (QED) is 0.872. The standard InChI is InChI=1S/C14H18O4/c1-17-13-8-11(14(15)16)6-7-12(13)18-9-10-4-2-3-5-10/h6-8,10H,2-5,9H2,1H3,(H,15,16). The molecule has 18 heavy (non-hydrogen) atoms. The number of benzene rings is 1. The van der Waals surface area contributed by atoms with Crippen LogP contribution in [0, 0.1) is 5.92 Å². The molecule has 0 spiro atoms. The number of rotatable bonds is 5. The maximum Gasteiger partial charge on any atom is 0.335 e. The monoisotopic (exact) mass is 250 g/mol. The van der Waals surface area contributed by atoms with Gasteiger partial charge in [0.1, 0.15) is 0 Å². The van der Waals surface area contributed by atoms with E-state index in [1.165, 1.54) is 44.9 Å². The fourth-order valence-corrected chi connectivity index (χ4v) is 2.30. The molecule has 0 aliphatic heterocycles. The normalized spacial score (nSPS) is 15.6. The number of carboxylic acid groups (broad SMARTS) is 1. The van der Waals surface area contributed by atoms with Crippen LogP contribution in [0.5, 0.6) is 11.5 Å². The summed E-state index contributed by atoms with van der Waals surface area (Å²) in [7, 11) is 1.52. The largest absolute Gasteiger partial charge is 0.493 e. The molecule has 1 aliphatic rings. The summed E-state index contributed by atoms with van der Waals surface area (Å²) in [5.74, 6) is 0.756. The van der Waals surface area contributed by atoms with Gasteiger partial charge in [0.2, 0.25) is 0 Å². The minimum absolute atomic E-state index is 0.208. The van der Waals surface area contributed by atoms with Gasteiger partial charge in [-0.25, -0.2) is 4.79 Å². The second kappa shape index (κ2) is 5.76. The third-order valence-electron chi connectivity index (χ3n) is 3.36. The molecule has 0 radical (unpaired) electrons. The molecule has 0 bridgehead atoms. The molecule has 1 aromatic rings. The van der Waals surface area contributed by atoms with Crippen molar-refractivity contribution in [2.24, 2.45) is 5.92 Å². The molecule has 98 valence electrons. The topological polar surface area (TPSA) is 55.8 Å². The Morgan fingerprint density at radius 3 is 2.67 bits per heavy atom. The van der Waals surface area contributed by atoms with E-state index in [1.54, 1.807) is 6.07 Å². The predicted molar refractivity (Wildman–Crippen MR) is 67.4 cm³/mol. The van der Waals surface area contributed by atoms with E-state index < -0.39 is 5.97 Å². The Bertz CT molecular complexity index is 422. The Morgan fingerprint density at radius 1 is 1.33 bits per heavy atom. The van der Waals surface area contributed by atoms with Crippen molar-refractivity contribution in [2.45, 2.75) is 25.7 Å². The second-order valence-electron chi connectivity index (χ2n) is 4.63. The van der Waals surface area contributed by atoms with Crippen molar-refractivity contribution < 1.29 is 19.4 Å². The van der Waals surface area contributed by atoms with Crippen LogP contribution in [0.15, 0.2) is 18.2 Å². The predicted octanol–water partition coefficient (Wildman–Crippen LogP) is 2.96. The summed E-state index contributed by atoms with van der Waals surface area (Å²) in [6, 6.07) is 4.69. The number of methoxy groups -OCH3 is 1. The zero-order valence-electron chi connectivity index (χ0n) is 10.5. The van der Waals surface area contributed by atoms with E-state index in [9.17, 15) is 4.79 Å². The van der Waals surface area contributed by atoms with E-state index in [-0.39, 0.29) is 5.56 Å². The molecule has 1 aromatic carbocycles. The van der Waals surface area contributed by atoms with Crippen LogP contribution in [-0.2, 0) is 0 Å². The maximum absolute atomic E-state index is 10.9. The molecule has 1 saturated carbocycles. The van der Waals surface area contributed by atoms with Crippen LogP contribution in [0.3, 0.4) is 0 Å². The Labute approximate surface area is 107 Å². The molecule has 0 heterocycles. The molecule has 1 fully saturated rings. The highest BCUT2D eigenvalue weighted by atomic mass is 16.5. The zero-order valence-corrected chi connectivity index (χ0v) is 10.5. The molecule has 4 heteroatoms. The number of aromatic carboxylic acids is 1. The minimum Gasteiger partial charge on any atom is -0.493 e. The molecule has 0 aromatic heterocycles. The number of hydrogen-bond acceptors (Lipinski definition) is 3. The molecular weight excluding hydrogens is 232 g/mol. The van der Waals surface area contributed by atoms with Crippen molar-refractivity contribution in [1.82, 2.24) is 0 Å². The van der Waals surface area contributed by atoms with Gasteiger partial charge in [0.15, 0.2) is 11.5 Å². The van der Waals surface area contributed by atoms with Crippen LogP contribution in [0.25, 0.3) is 0 Å². The lowest BCUT2D eigenvalue weighted by Crippen LogP contribution is -2.09. The van der Waals surface area contributed by atoms with Crippen molar-refractivity contribution in [3.05, 3.63) is 23.8 Å². The Kier molecular flexibility index (Phi) is 4.07. The van der Waals surface area contributed by atoms with Crippen LogP contribution >= 0.6 is 0 Å². The zero-order chi connectivity index (χ0) is 13.0. The molecule has 0 unspecified atom stereocenters. The summed E-state index contributed by atoms with van der Waals surface area (Å²) >= 11 is 0. The average Bonchev–Trinajstić information content (AvgIpc) is 2.89. The first-order valence-electron chi connectivity index (χ1n) is 6.25. The van der Waals surface area contributed by atoms with Gasteiger partial charge in [-0.2, -0.15) is 0 Å². The summed E-state index contributed by atoms with van der Waals surface area (Å²) < 4.78 is 10.9. The van der Waals surface area contributed by atoms with Gasteiger partial charge < -0.3 is 14.6 Å². The van der Waals surface area contributed by atoms with Gasteiger partial charge in [0.25, 0.3) is 0 Å². The van der Waals surface area contributed by atoms with Crippen LogP contribution in [0.2, 0.25) is 0 Å². The third-order valence-corrected chi connectivity index (χ3v) is 3.36. The van der Waals surface area contributed by atoms with E-state index in [2.05, 4.69) is 0 Å². The van der Waals surface area contributed by atoms with Gasteiger partial charge in [-0.15, -0.1) is 0 Å². The minimum atomic E-state index is -0.962. The van der Waals surface area contributed by atoms with Gasteiger partial charge in [-0.1, -0.05) is 12.8 Å². The Balaban J connectivity index is 2.04.